The molecule has 1 aromatic heterocycles. The predicted molar refractivity (Wildman–Crippen MR) is 103 cm³/mol. The summed E-state index contributed by atoms with van der Waals surface area (Å²) in [5.41, 5.74) is 0.304. The van der Waals surface area contributed by atoms with E-state index >= 15 is 4.39 Å². The van der Waals surface area contributed by atoms with Crippen molar-refractivity contribution in [2.45, 2.75) is 18.3 Å². The summed E-state index contributed by atoms with van der Waals surface area (Å²) in [5.74, 6) is -0.435. The van der Waals surface area contributed by atoms with Crippen molar-refractivity contribution in [3.05, 3.63) is 17.4 Å². The highest BCUT2D eigenvalue weighted by atomic mass is 32.2. The van der Waals surface area contributed by atoms with Crippen molar-refractivity contribution in [2.24, 2.45) is 0 Å². The molecule has 8 nitrogen and oxygen atoms in total. The van der Waals surface area contributed by atoms with Gasteiger partial charge < -0.3 is 18.9 Å². The van der Waals surface area contributed by atoms with Crippen LogP contribution in [0.4, 0.5) is 20.7 Å². The lowest BCUT2D eigenvalue weighted by Gasteiger charge is -2.33. The highest BCUT2D eigenvalue weighted by Gasteiger charge is 2.36. The van der Waals surface area contributed by atoms with Gasteiger partial charge in [-0.05, 0) is 13.0 Å². The van der Waals surface area contributed by atoms with Crippen LogP contribution in [0.1, 0.15) is 17.3 Å². The highest BCUT2D eigenvalue weighted by Crippen LogP contribution is 2.39. The van der Waals surface area contributed by atoms with E-state index in [1.165, 1.54) is 11.0 Å². The molecule has 0 saturated carbocycles. The van der Waals surface area contributed by atoms with Crippen LogP contribution in [-0.4, -0.2) is 68.0 Å². The van der Waals surface area contributed by atoms with E-state index in [-0.39, 0.29) is 39.2 Å². The van der Waals surface area contributed by atoms with Gasteiger partial charge in [0.2, 0.25) is 5.58 Å². The van der Waals surface area contributed by atoms with E-state index in [1.54, 1.807) is 12.0 Å². The van der Waals surface area contributed by atoms with E-state index in [0.717, 1.165) is 11.8 Å². The zero-order chi connectivity index (χ0) is 19.8. The summed E-state index contributed by atoms with van der Waals surface area (Å²) in [6.45, 7) is 4.05. The molecule has 2 saturated heterocycles. The van der Waals surface area contributed by atoms with Crippen molar-refractivity contribution in [3.63, 3.8) is 0 Å². The van der Waals surface area contributed by atoms with Gasteiger partial charge in [0.15, 0.2) is 17.9 Å². The molecule has 2 unspecified atom stereocenters. The maximum Gasteiger partial charge on any atom is 0.287 e. The number of carbonyl (C=O) groups excluding carboxylic acids is 2. The average Bonchev–Trinajstić information content (AvgIpc) is 3.25. The molecule has 28 heavy (non-hydrogen) atoms. The normalized spacial score (nSPS) is 23.0. The number of ether oxygens (including phenoxy) is 2. The summed E-state index contributed by atoms with van der Waals surface area (Å²) < 4.78 is 31.2. The average molecular weight is 409 g/mol. The number of halogens is 1. The number of fused-ring (bicyclic) bond motifs is 1. The Hall–Kier alpha value is -2.17. The largest absolute Gasteiger partial charge is 0.383 e. The molecule has 2 aromatic rings. The Labute approximate surface area is 164 Å². The number of rotatable bonds is 5. The molecular formula is C18H20FN3O5S. The van der Waals surface area contributed by atoms with E-state index < -0.39 is 5.82 Å². The fourth-order valence-corrected chi connectivity index (χ4v) is 4.63. The van der Waals surface area contributed by atoms with Crippen LogP contribution in [0, 0.1) is 5.82 Å². The molecule has 1 aromatic carbocycles. The Morgan fingerprint density at radius 2 is 2.29 bits per heavy atom. The second-order valence-electron chi connectivity index (χ2n) is 6.83. The molecule has 0 bridgehead atoms. The second-order valence-corrected chi connectivity index (χ2v) is 8.08. The van der Waals surface area contributed by atoms with Gasteiger partial charge in [0.25, 0.3) is 5.24 Å². The number of amides is 1. The molecule has 150 valence electrons. The van der Waals surface area contributed by atoms with E-state index in [0.29, 0.717) is 44.5 Å². The summed E-state index contributed by atoms with van der Waals surface area (Å²) in [7, 11) is 1.57. The maximum atomic E-state index is 15.3. The Bertz CT molecular complexity index is 920. The molecule has 2 atom stereocenters. The summed E-state index contributed by atoms with van der Waals surface area (Å²) in [6.07, 6.45) is 0.536. The number of hydrogen-bond donors (Lipinski definition) is 0. The Morgan fingerprint density at radius 1 is 1.46 bits per heavy atom. The van der Waals surface area contributed by atoms with Crippen LogP contribution in [-0.2, 0) is 9.47 Å². The SMILES string of the molecule is COCC1CN(c2noc3c(F)c(N4CCOC(C)C4)c(C=O)cc23)C(=O)S1. The molecule has 0 radical (unpaired) electrons. The van der Waals surface area contributed by atoms with Crippen molar-refractivity contribution in [1.82, 2.24) is 5.16 Å². The first-order chi connectivity index (χ1) is 13.5. The van der Waals surface area contributed by atoms with Crippen LogP contribution in [0.2, 0.25) is 0 Å². The number of carbonyl (C=O) groups is 2. The molecule has 2 aliphatic rings. The van der Waals surface area contributed by atoms with Crippen molar-refractivity contribution in [3.8, 4) is 0 Å². The van der Waals surface area contributed by atoms with Gasteiger partial charge in [0, 0.05) is 32.3 Å². The predicted octanol–water partition coefficient (Wildman–Crippen LogP) is 2.69. The number of anilines is 2. The van der Waals surface area contributed by atoms with Crippen molar-refractivity contribution in [2.75, 3.05) is 49.8 Å². The van der Waals surface area contributed by atoms with Crippen molar-refractivity contribution in [1.29, 1.82) is 0 Å². The number of aldehydes is 1. The van der Waals surface area contributed by atoms with Crippen LogP contribution in [0.5, 0.6) is 0 Å². The third-order valence-corrected chi connectivity index (χ3v) is 5.90. The van der Waals surface area contributed by atoms with Crippen LogP contribution < -0.4 is 9.80 Å². The fourth-order valence-electron chi connectivity index (χ4n) is 3.63. The minimum atomic E-state index is -0.653. The first-order valence-corrected chi connectivity index (χ1v) is 9.82. The molecule has 1 amide bonds. The maximum absolute atomic E-state index is 15.3. The standard InChI is InChI=1S/C18H20FN3O5S/c1-10-6-21(3-4-26-10)15-11(8-23)5-13-16(14(15)19)27-20-17(13)22-7-12(9-25-2)28-18(22)24/h5,8,10,12H,3-4,6-7,9H2,1-2H3. The number of thioether (sulfide) groups is 1. The summed E-state index contributed by atoms with van der Waals surface area (Å²) >= 11 is 1.14. The molecule has 0 N–H and O–H groups in total. The number of benzene rings is 1. The minimum absolute atomic E-state index is 0.0475. The second kappa shape index (κ2) is 7.69. The summed E-state index contributed by atoms with van der Waals surface area (Å²) in [4.78, 5) is 27.3. The molecule has 0 aliphatic carbocycles. The molecule has 2 aliphatic heterocycles. The van der Waals surface area contributed by atoms with Crippen LogP contribution in [0.15, 0.2) is 10.6 Å². The quantitative estimate of drug-likeness (QED) is 0.697. The van der Waals surface area contributed by atoms with Gasteiger partial charge in [-0.1, -0.05) is 16.9 Å². The smallest absolute Gasteiger partial charge is 0.287 e. The molecule has 4 rings (SSSR count). The zero-order valence-corrected chi connectivity index (χ0v) is 16.3. The Morgan fingerprint density at radius 3 is 3.00 bits per heavy atom. The number of nitrogens with zero attached hydrogens (tertiary/aromatic N) is 3. The van der Waals surface area contributed by atoms with E-state index in [1.807, 2.05) is 6.92 Å². The molecule has 2 fully saturated rings. The van der Waals surface area contributed by atoms with Gasteiger partial charge in [-0.3, -0.25) is 14.5 Å². The number of hydrogen-bond acceptors (Lipinski definition) is 8. The highest BCUT2D eigenvalue weighted by molar-refractivity contribution is 8.14. The Balaban J connectivity index is 1.76. The van der Waals surface area contributed by atoms with Gasteiger partial charge >= 0.3 is 0 Å². The van der Waals surface area contributed by atoms with Gasteiger partial charge in [-0.2, -0.15) is 0 Å². The van der Waals surface area contributed by atoms with Gasteiger partial charge in [-0.25, -0.2) is 4.39 Å². The van der Waals surface area contributed by atoms with Crippen molar-refractivity contribution >= 4 is 45.8 Å². The molecule has 0 spiro atoms. The van der Waals surface area contributed by atoms with Crippen molar-refractivity contribution < 1.29 is 28.0 Å². The Kier molecular flexibility index (Phi) is 5.26. The number of aromatic nitrogens is 1. The van der Waals surface area contributed by atoms with Gasteiger partial charge in [0.05, 0.1) is 35.6 Å². The topological polar surface area (TPSA) is 85.1 Å². The minimum Gasteiger partial charge on any atom is -0.383 e. The van der Waals surface area contributed by atoms with E-state index in [4.69, 9.17) is 14.0 Å². The zero-order valence-electron chi connectivity index (χ0n) is 15.5. The lowest BCUT2D eigenvalue weighted by atomic mass is 10.1. The van der Waals surface area contributed by atoms with Crippen LogP contribution >= 0.6 is 11.8 Å². The third kappa shape index (κ3) is 3.25. The molecule has 10 heteroatoms. The van der Waals surface area contributed by atoms with E-state index in [9.17, 15) is 9.59 Å². The van der Waals surface area contributed by atoms with E-state index in [2.05, 4.69) is 5.16 Å². The van der Waals surface area contributed by atoms with Crippen LogP contribution in [0.3, 0.4) is 0 Å². The van der Waals surface area contributed by atoms with Gasteiger partial charge in [0.1, 0.15) is 0 Å². The fraction of sp³-hybridized carbons (Fsp3) is 0.500. The summed E-state index contributed by atoms with van der Waals surface area (Å²) in [6, 6.07) is 1.54. The molecular weight excluding hydrogens is 389 g/mol. The lowest BCUT2D eigenvalue weighted by molar-refractivity contribution is 0.0529. The van der Waals surface area contributed by atoms with Gasteiger partial charge in [-0.15, -0.1) is 0 Å². The first-order valence-electron chi connectivity index (χ1n) is 8.94. The first kappa shape index (κ1) is 19.2. The monoisotopic (exact) mass is 409 g/mol. The summed E-state index contributed by atoms with van der Waals surface area (Å²) in [5, 5.41) is 3.98. The van der Waals surface area contributed by atoms with Crippen LogP contribution in [0.25, 0.3) is 11.0 Å². The molecule has 3 heterocycles. The number of methoxy groups -OCH3 is 1. The lowest BCUT2D eigenvalue weighted by Crippen LogP contribution is -2.42. The third-order valence-electron chi connectivity index (χ3n) is 4.86. The number of morpholine rings is 1.